The first-order valence-corrected chi connectivity index (χ1v) is 7.82. The predicted octanol–water partition coefficient (Wildman–Crippen LogP) is 1.10. The van der Waals surface area contributed by atoms with Gasteiger partial charge < -0.3 is 15.4 Å². The first-order valence-electron chi connectivity index (χ1n) is 7.44. The van der Waals surface area contributed by atoms with Crippen LogP contribution >= 0.6 is 11.6 Å². The molecule has 2 heterocycles. The molecule has 2 fully saturated rings. The van der Waals surface area contributed by atoms with Crippen molar-refractivity contribution < 1.29 is 4.74 Å². The molecule has 7 heteroatoms. The molecule has 1 aliphatic heterocycles. The molecule has 1 unspecified atom stereocenters. The van der Waals surface area contributed by atoms with E-state index in [4.69, 9.17) is 16.3 Å². The van der Waals surface area contributed by atoms with Crippen LogP contribution in [-0.4, -0.2) is 42.1 Å². The third kappa shape index (κ3) is 3.07. The fourth-order valence-electron chi connectivity index (χ4n) is 2.88. The van der Waals surface area contributed by atoms with Crippen molar-refractivity contribution in [1.82, 2.24) is 15.1 Å². The quantitative estimate of drug-likeness (QED) is 0.852. The Morgan fingerprint density at radius 3 is 3.00 bits per heavy atom. The van der Waals surface area contributed by atoms with Crippen molar-refractivity contribution in [2.75, 3.05) is 25.5 Å². The van der Waals surface area contributed by atoms with E-state index in [2.05, 4.69) is 15.7 Å². The first-order chi connectivity index (χ1) is 10.2. The molecule has 2 N–H and O–H groups in total. The number of nitrogens with one attached hydrogen (secondary N) is 2. The second kappa shape index (κ2) is 6.34. The Morgan fingerprint density at radius 2 is 2.33 bits per heavy atom. The molecular weight excluding hydrogens is 292 g/mol. The van der Waals surface area contributed by atoms with E-state index in [9.17, 15) is 4.79 Å². The maximum Gasteiger partial charge on any atom is 0.291 e. The summed E-state index contributed by atoms with van der Waals surface area (Å²) in [4.78, 5) is 12.5. The van der Waals surface area contributed by atoms with E-state index in [0.29, 0.717) is 23.2 Å². The second-order valence-corrected chi connectivity index (χ2v) is 6.24. The Bertz CT molecular complexity index is 558. The fourth-order valence-corrected chi connectivity index (χ4v) is 3.06. The molecule has 1 aromatic heterocycles. The van der Waals surface area contributed by atoms with Gasteiger partial charge in [0.05, 0.1) is 23.4 Å². The van der Waals surface area contributed by atoms with E-state index < -0.39 is 0 Å². The van der Waals surface area contributed by atoms with Gasteiger partial charge in [-0.25, -0.2) is 4.68 Å². The summed E-state index contributed by atoms with van der Waals surface area (Å²) >= 11 is 6.16. The van der Waals surface area contributed by atoms with Crippen molar-refractivity contribution in [2.24, 2.45) is 5.92 Å². The predicted molar refractivity (Wildman–Crippen MR) is 81.9 cm³/mol. The van der Waals surface area contributed by atoms with Crippen LogP contribution in [0.2, 0.25) is 5.02 Å². The lowest BCUT2D eigenvalue weighted by Crippen LogP contribution is -2.38. The fraction of sp³-hybridized carbons (Fsp3) is 0.714. The Hall–Kier alpha value is -1.11. The van der Waals surface area contributed by atoms with Gasteiger partial charge in [0.2, 0.25) is 0 Å². The van der Waals surface area contributed by atoms with Crippen molar-refractivity contribution in [1.29, 1.82) is 0 Å². The molecular formula is C14H21ClN4O2. The lowest BCUT2D eigenvalue weighted by molar-refractivity contribution is 0.111. The average molecular weight is 313 g/mol. The Balaban J connectivity index is 1.79. The van der Waals surface area contributed by atoms with Crippen molar-refractivity contribution >= 4 is 17.3 Å². The normalized spacial score (nSPS) is 25.8. The minimum atomic E-state index is -0.142. The van der Waals surface area contributed by atoms with Crippen molar-refractivity contribution in [2.45, 2.75) is 38.0 Å². The summed E-state index contributed by atoms with van der Waals surface area (Å²) in [7, 11) is 1.68. The summed E-state index contributed by atoms with van der Waals surface area (Å²) in [6.07, 6.45) is 5.19. The molecule has 1 aromatic rings. The van der Waals surface area contributed by atoms with Crippen LogP contribution in [0.5, 0.6) is 0 Å². The zero-order chi connectivity index (χ0) is 14.8. The SMILES string of the molecule is CO[C@H]1CNCC1Nc1c(Cl)cnn(CC2CCC2)c1=O. The lowest BCUT2D eigenvalue weighted by Gasteiger charge is -2.26. The molecule has 2 atom stereocenters. The number of methoxy groups -OCH3 is 1. The zero-order valence-corrected chi connectivity index (χ0v) is 12.9. The average Bonchev–Trinajstić information content (AvgIpc) is 2.88. The molecule has 116 valence electrons. The number of nitrogens with zero attached hydrogens (tertiary/aromatic N) is 2. The highest BCUT2D eigenvalue weighted by Crippen LogP contribution is 2.27. The van der Waals surface area contributed by atoms with Gasteiger partial charge in [-0.3, -0.25) is 4.79 Å². The third-order valence-electron chi connectivity index (χ3n) is 4.44. The summed E-state index contributed by atoms with van der Waals surface area (Å²) < 4.78 is 6.93. The van der Waals surface area contributed by atoms with Crippen molar-refractivity contribution in [3.63, 3.8) is 0 Å². The smallest absolute Gasteiger partial charge is 0.291 e. The van der Waals surface area contributed by atoms with E-state index in [0.717, 1.165) is 13.1 Å². The van der Waals surface area contributed by atoms with Crippen LogP contribution < -0.4 is 16.2 Å². The van der Waals surface area contributed by atoms with Crippen LogP contribution in [0.15, 0.2) is 11.0 Å². The van der Waals surface area contributed by atoms with E-state index in [-0.39, 0.29) is 17.7 Å². The largest absolute Gasteiger partial charge is 0.378 e. The topological polar surface area (TPSA) is 68.2 Å². The van der Waals surface area contributed by atoms with Crippen LogP contribution in [0.1, 0.15) is 19.3 Å². The third-order valence-corrected chi connectivity index (χ3v) is 4.73. The number of rotatable bonds is 5. The number of ether oxygens (including phenoxy) is 1. The Kier molecular flexibility index (Phi) is 4.47. The second-order valence-electron chi connectivity index (χ2n) is 5.83. The molecule has 3 rings (SSSR count). The van der Waals surface area contributed by atoms with Gasteiger partial charge >= 0.3 is 0 Å². The van der Waals surface area contributed by atoms with Gasteiger partial charge in [0.15, 0.2) is 0 Å². The zero-order valence-electron chi connectivity index (χ0n) is 12.1. The maximum atomic E-state index is 12.5. The summed E-state index contributed by atoms with van der Waals surface area (Å²) in [5.41, 5.74) is 0.290. The maximum absolute atomic E-state index is 12.5. The molecule has 0 bridgehead atoms. The van der Waals surface area contributed by atoms with Gasteiger partial charge in [-0.1, -0.05) is 18.0 Å². The molecule has 1 saturated carbocycles. The number of anilines is 1. The van der Waals surface area contributed by atoms with Crippen LogP contribution in [0.4, 0.5) is 5.69 Å². The molecule has 1 aliphatic carbocycles. The minimum Gasteiger partial charge on any atom is -0.378 e. The van der Waals surface area contributed by atoms with Crippen LogP contribution in [0.25, 0.3) is 0 Å². The monoisotopic (exact) mass is 312 g/mol. The van der Waals surface area contributed by atoms with Gasteiger partial charge in [0.1, 0.15) is 5.69 Å². The van der Waals surface area contributed by atoms with Gasteiger partial charge in [-0.05, 0) is 18.8 Å². The molecule has 0 amide bonds. The molecule has 2 aliphatic rings. The Morgan fingerprint density at radius 1 is 1.52 bits per heavy atom. The van der Waals surface area contributed by atoms with Gasteiger partial charge in [0, 0.05) is 26.7 Å². The van der Waals surface area contributed by atoms with Crippen molar-refractivity contribution in [3.8, 4) is 0 Å². The summed E-state index contributed by atoms with van der Waals surface area (Å²) in [5.74, 6) is 0.573. The summed E-state index contributed by atoms with van der Waals surface area (Å²) in [6, 6.07) is 0.0414. The van der Waals surface area contributed by atoms with E-state index in [1.807, 2.05) is 0 Å². The van der Waals surface area contributed by atoms with Crippen LogP contribution in [0.3, 0.4) is 0 Å². The number of hydrogen-bond acceptors (Lipinski definition) is 5. The summed E-state index contributed by atoms with van der Waals surface area (Å²) in [6.45, 7) is 2.20. The summed E-state index contributed by atoms with van der Waals surface area (Å²) in [5, 5.41) is 11.0. The standard InChI is InChI=1S/C14H21ClN4O2/c1-21-12-7-16-6-11(12)18-13-10(15)5-17-19(14(13)20)8-9-3-2-4-9/h5,9,11-12,16,18H,2-4,6-8H2,1H3/t11?,12-/m0/s1. The van der Waals surface area contributed by atoms with Gasteiger partial charge in [-0.15, -0.1) is 0 Å². The first kappa shape index (κ1) is 14.8. The number of halogens is 1. The highest BCUT2D eigenvalue weighted by Gasteiger charge is 2.28. The molecule has 0 aromatic carbocycles. The number of aromatic nitrogens is 2. The van der Waals surface area contributed by atoms with E-state index in [1.54, 1.807) is 13.3 Å². The van der Waals surface area contributed by atoms with Crippen LogP contribution in [0, 0.1) is 5.92 Å². The molecule has 1 saturated heterocycles. The number of hydrogen-bond donors (Lipinski definition) is 2. The molecule has 0 spiro atoms. The highest BCUT2D eigenvalue weighted by molar-refractivity contribution is 6.33. The molecule has 0 radical (unpaired) electrons. The van der Waals surface area contributed by atoms with Crippen LogP contribution in [-0.2, 0) is 11.3 Å². The van der Waals surface area contributed by atoms with Gasteiger partial charge in [-0.2, -0.15) is 5.10 Å². The molecule has 21 heavy (non-hydrogen) atoms. The molecule has 6 nitrogen and oxygen atoms in total. The van der Waals surface area contributed by atoms with Crippen molar-refractivity contribution in [3.05, 3.63) is 21.6 Å². The van der Waals surface area contributed by atoms with E-state index in [1.165, 1.54) is 23.9 Å². The van der Waals surface area contributed by atoms with E-state index >= 15 is 0 Å². The van der Waals surface area contributed by atoms with Gasteiger partial charge in [0.25, 0.3) is 5.56 Å². The minimum absolute atomic E-state index is 0.0358. The Labute approximate surface area is 128 Å². The highest BCUT2D eigenvalue weighted by atomic mass is 35.5. The lowest BCUT2D eigenvalue weighted by atomic mass is 9.85.